The molecule has 1 aromatic heterocycles. The van der Waals surface area contributed by atoms with Gasteiger partial charge in [-0.1, -0.05) is 35.9 Å². The molecule has 156 valence electrons. The van der Waals surface area contributed by atoms with Crippen molar-refractivity contribution >= 4 is 28.8 Å². The Labute approximate surface area is 184 Å². The Morgan fingerprint density at radius 1 is 1.23 bits per heavy atom. The Morgan fingerprint density at radius 3 is 2.90 bits per heavy atom. The average Bonchev–Trinajstić information content (AvgIpc) is 3.40. The number of fused-ring (bicyclic) bond motifs is 1. The van der Waals surface area contributed by atoms with E-state index < -0.39 is 0 Å². The molecule has 0 radical (unpaired) electrons. The third-order valence-electron chi connectivity index (χ3n) is 4.72. The first kappa shape index (κ1) is 20.7. The van der Waals surface area contributed by atoms with Crippen LogP contribution in [0.5, 0.6) is 11.5 Å². The number of carbonyl (C=O) groups is 1. The number of hydrogen-bond acceptors (Lipinski definition) is 6. The quantitative estimate of drug-likeness (QED) is 0.515. The molecule has 2 heterocycles. The molecule has 0 saturated heterocycles. The van der Waals surface area contributed by atoms with Crippen LogP contribution >= 0.6 is 22.9 Å². The fourth-order valence-corrected chi connectivity index (χ4v) is 4.31. The van der Waals surface area contributed by atoms with Crippen molar-refractivity contribution < 1.29 is 19.0 Å². The molecule has 0 atom stereocenters. The van der Waals surface area contributed by atoms with Crippen molar-refractivity contribution in [2.24, 2.45) is 0 Å². The molecule has 0 spiro atoms. The van der Waals surface area contributed by atoms with Crippen molar-refractivity contribution in [3.8, 4) is 22.1 Å². The Hall–Kier alpha value is -2.61. The van der Waals surface area contributed by atoms with Crippen LogP contribution in [0.25, 0.3) is 10.6 Å². The van der Waals surface area contributed by atoms with Gasteiger partial charge in [-0.2, -0.15) is 0 Å². The minimum atomic E-state index is -0.0132. The molecule has 0 bridgehead atoms. The van der Waals surface area contributed by atoms with Crippen molar-refractivity contribution in [1.82, 2.24) is 9.88 Å². The van der Waals surface area contributed by atoms with E-state index in [4.69, 9.17) is 25.8 Å². The highest BCUT2D eigenvalue weighted by Gasteiger charge is 2.19. The second-order valence-corrected chi connectivity index (χ2v) is 8.06. The molecule has 4 rings (SSSR count). The molecule has 8 heteroatoms. The molecule has 6 nitrogen and oxygen atoms in total. The number of rotatable bonds is 8. The summed E-state index contributed by atoms with van der Waals surface area (Å²) in [6.45, 7) is 1.63. The second-order valence-electron chi connectivity index (χ2n) is 6.80. The zero-order valence-corrected chi connectivity index (χ0v) is 18.0. The molecular formula is C22H21ClN2O4S. The number of ether oxygens (including phenoxy) is 3. The van der Waals surface area contributed by atoms with Gasteiger partial charge in [0, 0.05) is 31.1 Å². The fraction of sp³-hybridized carbons (Fsp3) is 0.273. The van der Waals surface area contributed by atoms with Gasteiger partial charge in [0.2, 0.25) is 12.7 Å². The topological polar surface area (TPSA) is 60.9 Å². The highest BCUT2D eigenvalue weighted by Crippen LogP contribution is 2.33. The van der Waals surface area contributed by atoms with Crippen LogP contribution in [0.3, 0.4) is 0 Å². The van der Waals surface area contributed by atoms with E-state index in [1.54, 1.807) is 12.0 Å². The maximum atomic E-state index is 13.0. The summed E-state index contributed by atoms with van der Waals surface area (Å²) in [4.78, 5) is 19.4. The van der Waals surface area contributed by atoms with E-state index in [1.807, 2.05) is 47.8 Å². The van der Waals surface area contributed by atoms with Gasteiger partial charge in [-0.3, -0.25) is 4.79 Å². The Bertz CT molecular complexity index is 1040. The van der Waals surface area contributed by atoms with Crippen molar-refractivity contribution in [2.45, 2.75) is 13.0 Å². The largest absolute Gasteiger partial charge is 0.454 e. The van der Waals surface area contributed by atoms with Crippen molar-refractivity contribution in [3.63, 3.8) is 0 Å². The predicted octanol–water partition coefficient (Wildman–Crippen LogP) is 4.41. The Morgan fingerprint density at radius 2 is 2.07 bits per heavy atom. The van der Waals surface area contributed by atoms with Gasteiger partial charge >= 0.3 is 0 Å². The van der Waals surface area contributed by atoms with E-state index in [1.165, 1.54) is 11.3 Å². The van der Waals surface area contributed by atoms with E-state index in [9.17, 15) is 4.79 Å². The first-order valence-electron chi connectivity index (χ1n) is 9.48. The number of aromatic nitrogens is 1. The summed E-state index contributed by atoms with van der Waals surface area (Å²) in [6, 6.07) is 13.3. The molecule has 1 amide bonds. The van der Waals surface area contributed by atoms with E-state index in [2.05, 4.69) is 4.98 Å². The van der Waals surface area contributed by atoms with Crippen LogP contribution in [0, 0.1) is 0 Å². The SMILES string of the molecule is COCCN(Cc1ccc2c(c1)OCO2)C(=O)Cc1csc(-c2ccccc2Cl)n1. The number of amides is 1. The monoisotopic (exact) mass is 444 g/mol. The number of nitrogens with zero attached hydrogens (tertiary/aromatic N) is 2. The molecule has 2 aromatic carbocycles. The number of methoxy groups -OCH3 is 1. The Kier molecular flexibility index (Phi) is 6.52. The van der Waals surface area contributed by atoms with Gasteiger partial charge in [0.05, 0.1) is 23.7 Å². The molecule has 30 heavy (non-hydrogen) atoms. The van der Waals surface area contributed by atoms with Crippen LogP contribution in [0.1, 0.15) is 11.3 Å². The van der Waals surface area contributed by atoms with Crippen LogP contribution in [0.2, 0.25) is 5.02 Å². The average molecular weight is 445 g/mol. The van der Waals surface area contributed by atoms with Gasteiger partial charge in [-0.15, -0.1) is 11.3 Å². The lowest BCUT2D eigenvalue weighted by molar-refractivity contribution is -0.131. The summed E-state index contributed by atoms with van der Waals surface area (Å²) < 4.78 is 16.0. The summed E-state index contributed by atoms with van der Waals surface area (Å²) in [5.41, 5.74) is 2.58. The molecule has 0 unspecified atom stereocenters. The molecule has 0 N–H and O–H groups in total. The molecule has 3 aromatic rings. The minimum Gasteiger partial charge on any atom is -0.454 e. The molecule has 0 aliphatic carbocycles. The van der Waals surface area contributed by atoms with Gasteiger partial charge in [-0.05, 0) is 23.8 Å². The lowest BCUT2D eigenvalue weighted by Crippen LogP contribution is -2.34. The minimum absolute atomic E-state index is 0.0132. The van der Waals surface area contributed by atoms with Crippen LogP contribution in [-0.4, -0.2) is 42.8 Å². The molecule has 1 aliphatic rings. The van der Waals surface area contributed by atoms with Crippen LogP contribution in [-0.2, 0) is 22.5 Å². The molecular weight excluding hydrogens is 424 g/mol. The normalized spacial score (nSPS) is 12.2. The second kappa shape index (κ2) is 9.47. The summed E-state index contributed by atoms with van der Waals surface area (Å²) in [5, 5.41) is 3.36. The summed E-state index contributed by atoms with van der Waals surface area (Å²) in [5.74, 6) is 1.42. The van der Waals surface area contributed by atoms with Gasteiger partial charge in [0.25, 0.3) is 0 Å². The summed E-state index contributed by atoms with van der Waals surface area (Å²) >= 11 is 7.75. The van der Waals surface area contributed by atoms with Crippen LogP contribution in [0.15, 0.2) is 47.8 Å². The first-order valence-corrected chi connectivity index (χ1v) is 10.7. The predicted molar refractivity (Wildman–Crippen MR) is 116 cm³/mol. The summed E-state index contributed by atoms with van der Waals surface area (Å²) in [7, 11) is 1.62. The van der Waals surface area contributed by atoms with Gasteiger partial charge in [-0.25, -0.2) is 4.98 Å². The van der Waals surface area contributed by atoms with Crippen molar-refractivity contribution in [1.29, 1.82) is 0 Å². The van der Waals surface area contributed by atoms with E-state index in [0.29, 0.717) is 30.5 Å². The van der Waals surface area contributed by atoms with Crippen LogP contribution < -0.4 is 9.47 Å². The van der Waals surface area contributed by atoms with Crippen LogP contribution in [0.4, 0.5) is 0 Å². The van der Waals surface area contributed by atoms with Gasteiger partial charge < -0.3 is 19.1 Å². The van der Waals surface area contributed by atoms with Gasteiger partial charge in [0.1, 0.15) is 5.01 Å². The highest BCUT2D eigenvalue weighted by molar-refractivity contribution is 7.13. The van der Waals surface area contributed by atoms with Crippen molar-refractivity contribution in [3.05, 3.63) is 64.1 Å². The lowest BCUT2D eigenvalue weighted by atomic mass is 10.1. The third-order valence-corrected chi connectivity index (χ3v) is 5.97. The third kappa shape index (κ3) is 4.75. The molecule has 1 aliphatic heterocycles. The number of carbonyl (C=O) groups excluding carboxylic acids is 1. The summed E-state index contributed by atoms with van der Waals surface area (Å²) in [6.07, 6.45) is 0.217. The standard InChI is InChI=1S/C22H21ClN2O4S/c1-27-9-8-25(12-15-6-7-19-20(10-15)29-14-28-19)21(26)11-16-13-30-22(24-16)17-4-2-3-5-18(17)23/h2-7,10,13H,8-9,11-12,14H2,1H3. The van der Waals surface area contributed by atoms with E-state index in [0.717, 1.165) is 27.6 Å². The zero-order chi connectivity index (χ0) is 20.9. The fourth-order valence-electron chi connectivity index (χ4n) is 3.17. The maximum absolute atomic E-state index is 13.0. The lowest BCUT2D eigenvalue weighted by Gasteiger charge is -2.22. The van der Waals surface area contributed by atoms with E-state index >= 15 is 0 Å². The molecule has 0 saturated carbocycles. The van der Waals surface area contributed by atoms with Gasteiger partial charge in [0.15, 0.2) is 11.5 Å². The smallest absolute Gasteiger partial charge is 0.231 e. The highest BCUT2D eigenvalue weighted by atomic mass is 35.5. The van der Waals surface area contributed by atoms with Crippen molar-refractivity contribution in [2.75, 3.05) is 27.1 Å². The Balaban J connectivity index is 1.46. The first-order chi connectivity index (χ1) is 14.6. The number of hydrogen-bond donors (Lipinski definition) is 0. The number of benzene rings is 2. The number of thiazole rings is 1. The maximum Gasteiger partial charge on any atom is 0.231 e. The zero-order valence-electron chi connectivity index (χ0n) is 16.5. The van der Waals surface area contributed by atoms with E-state index in [-0.39, 0.29) is 19.1 Å². The number of halogens is 1. The molecule has 0 fully saturated rings.